The Morgan fingerprint density at radius 1 is 1.40 bits per heavy atom. The highest BCUT2D eigenvalue weighted by molar-refractivity contribution is 5.99. The van der Waals surface area contributed by atoms with E-state index in [9.17, 15) is 27.2 Å². The second kappa shape index (κ2) is 4.99. The van der Waals surface area contributed by atoms with Gasteiger partial charge in [0.25, 0.3) is 5.91 Å². The van der Waals surface area contributed by atoms with Gasteiger partial charge in [-0.3, -0.25) is 9.59 Å². The lowest BCUT2D eigenvalue weighted by molar-refractivity contribution is -0.174. The molecular formula is C11H8F4N2O3. The average molecular weight is 292 g/mol. The number of benzene rings is 1. The Labute approximate surface area is 109 Å². The van der Waals surface area contributed by atoms with Crippen LogP contribution >= 0.6 is 0 Å². The molecule has 0 saturated carbocycles. The topological polar surface area (TPSA) is 67.4 Å². The summed E-state index contributed by atoms with van der Waals surface area (Å²) in [6, 6.07) is 1.72. The van der Waals surface area contributed by atoms with Crippen LogP contribution in [-0.2, 0) is 9.59 Å². The zero-order chi connectivity index (χ0) is 14.9. The second-order valence-corrected chi connectivity index (χ2v) is 3.96. The van der Waals surface area contributed by atoms with Crippen LogP contribution in [0.3, 0.4) is 0 Å². The Balaban J connectivity index is 2.14. The number of carbonyl (C=O) groups excluding carboxylic acids is 2. The van der Waals surface area contributed by atoms with Gasteiger partial charge in [0.15, 0.2) is 0 Å². The third kappa shape index (κ3) is 2.98. The lowest BCUT2D eigenvalue weighted by Gasteiger charge is -2.15. The summed E-state index contributed by atoms with van der Waals surface area (Å²) in [6.45, 7) is -0.494. The third-order valence-electron chi connectivity index (χ3n) is 2.48. The normalized spacial score (nSPS) is 18.4. The number of amides is 2. The predicted octanol–water partition coefficient (Wildman–Crippen LogP) is 1.20. The molecule has 2 amide bonds. The molecule has 0 spiro atoms. The fourth-order valence-electron chi connectivity index (χ4n) is 1.54. The largest absolute Gasteiger partial charge is 0.489 e. The molecule has 1 atom stereocenters. The van der Waals surface area contributed by atoms with E-state index in [0.29, 0.717) is 0 Å². The fourth-order valence-corrected chi connectivity index (χ4v) is 1.54. The van der Waals surface area contributed by atoms with Gasteiger partial charge < -0.3 is 15.4 Å². The van der Waals surface area contributed by atoms with Crippen LogP contribution in [0.5, 0.6) is 5.75 Å². The molecule has 0 aromatic heterocycles. The van der Waals surface area contributed by atoms with E-state index < -0.39 is 36.5 Å². The molecule has 5 nitrogen and oxygen atoms in total. The van der Waals surface area contributed by atoms with Crippen LogP contribution in [0.1, 0.15) is 0 Å². The van der Waals surface area contributed by atoms with E-state index >= 15 is 0 Å². The van der Waals surface area contributed by atoms with E-state index in [1.54, 1.807) is 0 Å². The molecular weight excluding hydrogens is 284 g/mol. The minimum Gasteiger partial charge on any atom is -0.489 e. The third-order valence-corrected chi connectivity index (χ3v) is 2.48. The zero-order valence-corrected chi connectivity index (χ0v) is 9.75. The number of nitrogens with one attached hydrogen (secondary N) is 2. The summed E-state index contributed by atoms with van der Waals surface area (Å²) in [5, 5.41) is 3.69. The standard InChI is InChI=1S/C11H8F4N2O3/c12-5-1-2-8-6(3-5)16-9(18)7(4-20-8)17-10(19)11(13,14)15/h1-3,7H,4H2,(H,16,18)(H,17,19)/t7-/m0/s1. The average Bonchev–Trinajstić information content (AvgIpc) is 2.48. The van der Waals surface area contributed by atoms with Crippen LogP contribution in [0.2, 0.25) is 0 Å². The van der Waals surface area contributed by atoms with Crippen LogP contribution in [0.25, 0.3) is 0 Å². The highest BCUT2D eigenvalue weighted by atomic mass is 19.4. The zero-order valence-electron chi connectivity index (χ0n) is 9.75. The van der Waals surface area contributed by atoms with E-state index in [-0.39, 0.29) is 11.4 Å². The molecule has 0 fully saturated rings. The van der Waals surface area contributed by atoms with Crippen molar-refractivity contribution in [3.8, 4) is 5.75 Å². The highest BCUT2D eigenvalue weighted by Crippen LogP contribution is 2.27. The van der Waals surface area contributed by atoms with Crippen molar-refractivity contribution >= 4 is 17.5 Å². The van der Waals surface area contributed by atoms with Crippen molar-refractivity contribution in [3.05, 3.63) is 24.0 Å². The first-order valence-corrected chi connectivity index (χ1v) is 5.38. The van der Waals surface area contributed by atoms with Gasteiger partial charge in [0.2, 0.25) is 0 Å². The van der Waals surface area contributed by atoms with Gasteiger partial charge in [-0.1, -0.05) is 0 Å². The lowest BCUT2D eigenvalue weighted by Crippen LogP contribution is -2.50. The Bertz CT molecular complexity index is 559. The Morgan fingerprint density at radius 3 is 2.75 bits per heavy atom. The summed E-state index contributed by atoms with van der Waals surface area (Å²) in [7, 11) is 0. The van der Waals surface area contributed by atoms with Gasteiger partial charge in [0.1, 0.15) is 24.2 Å². The molecule has 0 radical (unpaired) electrons. The quantitative estimate of drug-likeness (QED) is 0.764. The maximum atomic E-state index is 13.0. The molecule has 20 heavy (non-hydrogen) atoms. The number of carbonyl (C=O) groups is 2. The smallest absolute Gasteiger partial charge is 0.471 e. The van der Waals surface area contributed by atoms with Gasteiger partial charge >= 0.3 is 12.1 Å². The van der Waals surface area contributed by atoms with Crippen LogP contribution in [0, 0.1) is 5.82 Å². The number of anilines is 1. The Kier molecular flexibility index (Phi) is 3.51. The van der Waals surface area contributed by atoms with Gasteiger partial charge in [-0.15, -0.1) is 0 Å². The minimum absolute atomic E-state index is 0.0150. The van der Waals surface area contributed by atoms with Gasteiger partial charge in [-0.05, 0) is 12.1 Å². The number of rotatable bonds is 1. The summed E-state index contributed by atoms with van der Waals surface area (Å²) >= 11 is 0. The fraction of sp³-hybridized carbons (Fsp3) is 0.273. The summed E-state index contributed by atoms with van der Waals surface area (Å²) < 4.78 is 54.4. The van der Waals surface area contributed by atoms with Crippen molar-refractivity contribution in [1.82, 2.24) is 5.32 Å². The van der Waals surface area contributed by atoms with Crippen molar-refractivity contribution in [3.63, 3.8) is 0 Å². The highest BCUT2D eigenvalue weighted by Gasteiger charge is 2.41. The Hall–Kier alpha value is -2.32. The van der Waals surface area contributed by atoms with E-state index in [1.165, 1.54) is 11.4 Å². The first-order valence-electron chi connectivity index (χ1n) is 5.38. The molecule has 0 aliphatic carbocycles. The summed E-state index contributed by atoms with van der Waals surface area (Å²) in [4.78, 5) is 22.4. The molecule has 9 heteroatoms. The van der Waals surface area contributed by atoms with Gasteiger partial charge in [0.05, 0.1) is 5.69 Å². The summed E-state index contributed by atoms with van der Waals surface area (Å²) in [5.74, 6) is -3.72. The molecule has 1 aliphatic rings. The van der Waals surface area contributed by atoms with Crippen LogP contribution in [0.4, 0.5) is 23.2 Å². The molecule has 2 N–H and O–H groups in total. The van der Waals surface area contributed by atoms with Gasteiger partial charge in [-0.2, -0.15) is 13.2 Å². The minimum atomic E-state index is -5.11. The monoisotopic (exact) mass is 292 g/mol. The van der Waals surface area contributed by atoms with Crippen molar-refractivity contribution in [2.24, 2.45) is 0 Å². The van der Waals surface area contributed by atoms with E-state index in [2.05, 4.69) is 5.32 Å². The molecule has 2 rings (SSSR count). The number of hydrogen-bond acceptors (Lipinski definition) is 3. The van der Waals surface area contributed by atoms with Crippen molar-refractivity contribution in [2.45, 2.75) is 12.2 Å². The number of halogens is 4. The molecule has 1 aliphatic heterocycles. The molecule has 0 bridgehead atoms. The van der Waals surface area contributed by atoms with Crippen LogP contribution in [-0.4, -0.2) is 30.6 Å². The lowest BCUT2D eigenvalue weighted by atomic mass is 10.2. The molecule has 0 unspecified atom stereocenters. The SMILES string of the molecule is O=C1Nc2cc(F)ccc2OC[C@@H]1NC(=O)C(F)(F)F. The predicted molar refractivity (Wildman–Crippen MR) is 58.5 cm³/mol. The second-order valence-electron chi connectivity index (χ2n) is 3.96. The van der Waals surface area contributed by atoms with E-state index in [0.717, 1.165) is 12.1 Å². The molecule has 1 heterocycles. The van der Waals surface area contributed by atoms with Crippen molar-refractivity contribution in [1.29, 1.82) is 0 Å². The first kappa shape index (κ1) is 14.1. The maximum Gasteiger partial charge on any atom is 0.471 e. The molecule has 0 saturated heterocycles. The number of hydrogen-bond donors (Lipinski definition) is 2. The number of fused-ring (bicyclic) bond motifs is 1. The summed E-state index contributed by atoms with van der Waals surface area (Å²) in [5.41, 5.74) is -0.0150. The maximum absolute atomic E-state index is 13.0. The number of alkyl halides is 3. The number of ether oxygens (including phenoxy) is 1. The van der Waals surface area contributed by atoms with Crippen molar-refractivity contribution < 1.29 is 31.9 Å². The van der Waals surface area contributed by atoms with Crippen molar-refractivity contribution in [2.75, 3.05) is 11.9 Å². The molecule has 1 aromatic rings. The van der Waals surface area contributed by atoms with Gasteiger partial charge in [-0.25, -0.2) is 4.39 Å². The van der Waals surface area contributed by atoms with Gasteiger partial charge in [0, 0.05) is 6.07 Å². The summed E-state index contributed by atoms with van der Waals surface area (Å²) in [6.07, 6.45) is -5.11. The van der Waals surface area contributed by atoms with E-state index in [4.69, 9.17) is 4.74 Å². The molecule has 1 aromatic carbocycles. The molecule has 108 valence electrons. The van der Waals surface area contributed by atoms with Crippen LogP contribution < -0.4 is 15.4 Å². The van der Waals surface area contributed by atoms with Crippen LogP contribution in [0.15, 0.2) is 18.2 Å². The van der Waals surface area contributed by atoms with E-state index in [1.807, 2.05) is 0 Å². The Morgan fingerprint density at radius 2 is 2.10 bits per heavy atom. The first-order chi connectivity index (χ1) is 9.27.